The van der Waals surface area contributed by atoms with Crippen LogP contribution in [0.15, 0.2) is 0 Å². The van der Waals surface area contributed by atoms with E-state index in [1.54, 1.807) is 0 Å². The van der Waals surface area contributed by atoms with Gasteiger partial charge in [0.2, 0.25) is 5.91 Å². The average molecular weight is 226 g/mol. The van der Waals surface area contributed by atoms with Gasteiger partial charge in [0.05, 0.1) is 6.54 Å². The van der Waals surface area contributed by atoms with Crippen LogP contribution in [-0.2, 0) is 4.79 Å². The topological polar surface area (TPSA) is 41.1 Å². The van der Waals surface area contributed by atoms with Crippen molar-refractivity contribution in [3.05, 3.63) is 0 Å². The standard InChI is InChI=1S/C13H26N2O/c1-3-9-14-13(16)10-15-12-8-6-5-7-11(12)4-2/h11-12,15H,3-10H2,1-2H3,(H,14,16). The van der Waals surface area contributed by atoms with Crippen LogP contribution in [0.4, 0.5) is 0 Å². The smallest absolute Gasteiger partial charge is 0.233 e. The van der Waals surface area contributed by atoms with Gasteiger partial charge >= 0.3 is 0 Å². The first kappa shape index (κ1) is 13.5. The molecule has 3 nitrogen and oxygen atoms in total. The third-order valence-electron chi connectivity index (χ3n) is 3.53. The molecule has 2 unspecified atom stereocenters. The lowest BCUT2D eigenvalue weighted by Crippen LogP contribution is -2.44. The number of hydrogen-bond acceptors (Lipinski definition) is 2. The Kier molecular flexibility index (Phi) is 6.46. The molecule has 1 rings (SSSR count). The molecule has 0 spiro atoms. The number of carbonyl (C=O) groups excluding carboxylic acids is 1. The van der Waals surface area contributed by atoms with Crippen LogP contribution in [0.5, 0.6) is 0 Å². The summed E-state index contributed by atoms with van der Waals surface area (Å²) in [6.45, 7) is 5.60. The highest BCUT2D eigenvalue weighted by Gasteiger charge is 2.23. The van der Waals surface area contributed by atoms with Crippen molar-refractivity contribution in [1.29, 1.82) is 0 Å². The van der Waals surface area contributed by atoms with Gasteiger partial charge in [0, 0.05) is 12.6 Å². The first-order valence-corrected chi connectivity index (χ1v) is 6.78. The van der Waals surface area contributed by atoms with Crippen LogP contribution >= 0.6 is 0 Å². The Morgan fingerprint density at radius 1 is 1.25 bits per heavy atom. The normalized spacial score (nSPS) is 25.4. The van der Waals surface area contributed by atoms with Crippen molar-refractivity contribution in [2.24, 2.45) is 5.92 Å². The van der Waals surface area contributed by atoms with E-state index in [-0.39, 0.29) is 5.91 Å². The molecule has 1 amide bonds. The van der Waals surface area contributed by atoms with Crippen molar-refractivity contribution in [3.8, 4) is 0 Å². The molecule has 0 saturated heterocycles. The number of hydrogen-bond donors (Lipinski definition) is 2. The lowest BCUT2D eigenvalue weighted by molar-refractivity contribution is -0.120. The van der Waals surface area contributed by atoms with E-state index >= 15 is 0 Å². The molecule has 1 aliphatic rings. The molecule has 0 aliphatic heterocycles. The minimum absolute atomic E-state index is 0.141. The fourth-order valence-corrected chi connectivity index (χ4v) is 2.52. The molecule has 0 bridgehead atoms. The highest BCUT2D eigenvalue weighted by atomic mass is 16.1. The predicted molar refractivity (Wildman–Crippen MR) is 67.3 cm³/mol. The van der Waals surface area contributed by atoms with E-state index in [2.05, 4.69) is 24.5 Å². The van der Waals surface area contributed by atoms with E-state index in [1.165, 1.54) is 32.1 Å². The van der Waals surface area contributed by atoms with Crippen molar-refractivity contribution in [2.75, 3.05) is 13.1 Å². The van der Waals surface area contributed by atoms with Crippen LogP contribution in [0.25, 0.3) is 0 Å². The van der Waals surface area contributed by atoms with Crippen molar-refractivity contribution < 1.29 is 4.79 Å². The maximum Gasteiger partial charge on any atom is 0.233 e. The number of nitrogens with one attached hydrogen (secondary N) is 2. The fourth-order valence-electron chi connectivity index (χ4n) is 2.52. The summed E-state index contributed by atoms with van der Waals surface area (Å²) in [5, 5.41) is 6.32. The second kappa shape index (κ2) is 7.66. The van der Waals surface area contributed by atoms with Crippen LogP contribution in [0.3, 0.4) is 0 Å². The number of carbonyl (C=O) groups is 1. The zero-order valence-electron chi connectivity index (χ0n) is 10.7. The van der Waals surface area contributed by atoms with Gasteiger partial charge in [0.1, 0.15) is 0 Å². The van der Waals surface area contributed by atoms with E-state index in [4.69, 9.17) is 0 Å². The number of amides is 1. The third-order valence-corrected chi connectivity index (χ3v) is 3.53. The molecular formula is C13H26N2O. The Labute approximate surface area is 99.4 Å². The van der Waals surface area contributed by atoms with Gasteiger partial charge in [0.15, 0.2) is 0 Å². The highest BCUT2D eigenvalue weighted by Crippen LogP contribution is 2.26. The summed E-state index contributed by atoms with van der Waals surface area (Å²) in [6, 6.07) is 0.561. The summed E-state index contributed by atoms with van der Waals surface area (Å²) < 4.78 is 0. The average Bonchev–Trinajstić information content (AvgIpc) is 2.34. The zero-order valence-corrected chi connectivity index (χ0v) is 10.7. The molecule has 1 aliphatic carbocycles. The largest absolute Gasteiger partial charge is 0.355 e. The van der Waals surface area contributed by atoms with Gasteiger partial charge in [-0.3, -0.25) is 4.79 Å². The van der Waals surface area contributed by atoms with Gasteiger partial charge in [0.25, 0.3) is 0 Å². The summed E-state index contributed by atoms with van der Waals surface area (Å²) in [7, 11) is 0. The van der Waals surface area contributed by atoms with Crippen molar-refractivity contribution in [2.45, 2.75) is 58.4 Å². The van der Waals surface area contributed by atoms with Gasteiger partial charge in [-0.2, -0.15) is 0 Å². The van der Waals surface area contributed by atoms with Gasteiger partial charge < -0.3 is 10.6 Å². The van der Waals surface area contributed by atoms with Gasteiger partial charge in [-0.25, -0.2) is 0 Å². The minimum Gasteiger partial charge on any atom is -0.355 e. The van der Waals surface area contributed by atoms with Crippen LogP contribution in [0.2, 0.25) is 0 Å². The van der Waals surface area contributed by atoms with Crippen molar-refractivity contribution in [1.82, 2.24) is 10.6 Å². The molecule has 0 heterocycles. The molecule has 2 atom stereocenters. The quantitative estimate of drug-likeness (QED) is 0.728. The molecule has 0 aromatic rings. The van der Waals surface area contributed by atoms with Gasteiger partial charge in [-0.05, 0) is 25.2 Å². The number of rotatable bonds is 6. The van der Waals surface area contributed by atoms with Crippen LogP contribution in [0.1, 0.15) is 52.4 Å². The summed E-state index contributed by atoms with van der Waals surface area (Å²) >= 11 is 0. The second-order valence-corrected chi connectivity index (χ2v) is 4.79. The van der Waals surface area contributed by atoms with E-state index in [0.717, 1.165) is 18.9 Å². The van der Waals surface area contributed by atoms with Crippen LogP contribution < -0.4 is 10.6 Å². The van der Waals surface area contributed by atoms with E-state index in [9.17, 15) is 4.79 Å². The van der Waals surface area contributed by atoms with E-state index in [0.29, 0.717) is 12.6 Å². The Hall–Kier alpha value is -0.570. The van der Waals surface area contributed by atoms with Crippen LogP contribution in [0, 0.1) is 5.92 Å². The lowest BCUT2D eigenvalue weighted by atomic mass is 9.83. The molecule has 2 N–H and O–H groups in total. The highest BCUT2D eigenvalue weighted by molar-refractivity contribution is 5.77. The molecule has 1 saturated carbocycles. The maximum absolute atomic E-state index is 11.5. The molecule has 0 aromatic heterocycles. The van der Waals surface area contributed by atoms with E-state index in [1.807, 2.05) is 0 Å². The SMILES string of the molecule is CCCNC(=O)CNC1CCCCC1CC. The molecule has 3 heteroatoms. The Morgan fingerprint density at radius 2 is 2.00 bits per heavy atom. The Balaban J connectivity index is 2.21. The molecular weight excluding hydrogens is 200 g/mol. The monoisotopic (exact) mass is 226 g/mol. The maximum atomic E-state index is 11.5. The molecule has 94 valence electrons. The minimum atomic E-state index is 0.141. The van der Waals surface area contributed by atoms with Crippen molar-refractivity contribution >= 4 is 5.91 Å². The van der Waals surface area contributed by atoms with E-state index < -0.39 is 0 Å². The zero-order chi connectivity index (χ0) is 11.8. The predicted octanol–water partition coefficient (Wildman–Crippen LogP) is 2.07. The van der Waals surface area contributed by atoms with Crippen molar-refractivity contribution in [3.63, 3.8) is 0 Å². The summed E-state index contributed by atoms with van der Waals surface area (Å²) in [4.78, 5) is 11.5. The Bertz CT molecular complexity index is 206. The Morgan fingerprint density at radius 3 is 2.69 bits per heavy atom. The van der Waals surface area contributed by atoms with Gasteiger partial charge in [-0.15, -0.1) is 0 Å². The molecule has 1 fully saturated rings. The first-order chi connectivity index (χ1) is 7.77. The second-order valence-electron chi connectivity index (χ2n) is 4.79. The summed E-state index contributed by atoms with van der Waals surface area (Å²) in [5.41, 5.74) is 0. The van der Waals surface area contributed by atoms with Gasteiger partial charge in [-0.1, -0.05) is 33.1 Å². The summed E-state index contributed by atoms with van der Waals surface area (Å²) in [6.07, 6.45) is 7.47. The first-order valence-electron chi connectivity index (χ1n) is 6.78. The fraction of sp³-hybridized carbons (Fsp3) is 0.923. The summed E-state index contributed by atoms with van der Waals surface area (Å²) in [5.74, 6) is 0.912. The van der Waals surface area contributed by atoms with Crippen LogP contribution in [-0.4, -0.2) is 25.0 Å². The third kappa shape index (κ3) is 4.52. The molecule has 0 aromatic carbocycles. The molecule has 16 heavy (non-hydrogen) atoms. The lowest BCUT2D eigenvalue weighted by Gasteiger charge is -2.31. The molecule has 0 radical (unpaired) electrons.